The predicted octanol–water partition coefficient (Wildman–Crippen LogP) is 2.29. The predicted molar refractivity (Wildman–Crippen MR) is 114 cm³/mol. The molecule has 1 atom stereocenters. The van der Waals surface area contributed by atoms with Crippen LogP contribution in [0.3, 0.4) is 0 Å². The second-order valence-electron chi connectivity index (χ2n) is 6.82. The largest absolute Gasteiger partial charge is 0.397 e. The maximum atomic E-state index is 15.2. The van der Waals surface area contributed by atoms with Gasteiger partial charge in [0.05, 0.1) is 24.3 Å². The second-order valence-corrected chi connectivity index (χ2v) is 6.82. The first kappa shape index (κ1) is 26.3. The van der Waals surface area contributed by atoms with Crippen molar-refractivity contribution in [3.8, 4) is 11.8 Å². The molecule has 0 saturated heterocycles. The molecule has 1 unspecified atom stereocenters. The molecule has 180 valence electrons. The Morgan fingerprint density at radius 2 is 1.71 bits per heavy atom. The third-order valence-electron chi connectivity index (χ3n) is 4.46. The Balaban J connectivity index is 2.42. The number of allylic oxidation sites excluding steroid dienone is 3. The average molecular weight is 483 g/mol. The molecule has 6 nitrogen and oxygen atoms in total. The molecule has 8 N–H and O–H groups in total. The maximum Gasteiger partial charge on any atom is 0.321 e. The summed E-state index contributed by atoms with van der Waals surface area (Å²) >= 11 is 0. The molecule has 12 heteroatoms. The van der Waals surface area contributed by atoms with Crippen molar-refractivity contribution in [2.45, 2.75) is 11.5 Å². The van der Waals surface area contributed by atoms with Gasteiger partial charge in [-0.2, -0.15) is 8.78 Å². The zero-order valence-electron chi connectivity index (χ0n) is 17.3. The van der Waals surface area contributed by atoms with Crippen molar-refractivity contribution in [2.75, 3.05) is 6.54 Å². The van der Waals surface area contributed by atoms with Gasteiger partial charge < -0.3 is 22.0 Å². The summed E-state index contributed by atoms with van der Waals surface area (Å²) in [6, 6.07) is 4.45. The number of nitrogens with zero attached hydrogens (tertiary/aromatic N) is 1. The molecular weight excluding hydrogens is 464 g/mol. The highest BCUT2D eigenvalue weighted by Gasteiger charge is 2.57. The highest BCUT2D eigenvalue weighted by molar-refractivity contribution is 5.53. The van der Waals surface area contributed by atoms with E-state index in [9.17, 15) is 22.7 Å². The van der Waals surface area contributed by atoms with Crippen LogP contribution in [0, 0.1) is 35.1 Å². The van der Waals surface area contributed by atoms with Crippen molar-refractivity contribution in [1.29, 1.82) is 0 Å². The molecular formula is C22H19F6N5O. The number of rotatable bonds is 7. The minimum absolute atomic E-state index is 0.0602. The molecule has 0 aliphatic carbocycles. The van der Waals surface area contributed by atoms with Crippen LogP contribution >= 0.6 is 0 Å². The first-order valence-electron chi connectivity index (χ1n) is 9.33. The highest BCUT2D eigenvalue weighted by Crippen LogP contribution is 2.42. The van der Waals surface area contributed by atoms with Crippen molar-refractivity contribution in [1.82, 2.24) is 5.43 Å². The van der Waals surface area contributed by atoms with E-state index in [1.165, 1.54) is 6.07 Å². The summed E-state index contributed by atoms with van der Waals surface area (Å²) in [6.07, 6.45) is 2.25. The van der Waals surface area contributed by atoms with Gasteiger partial charge in [-0.1, -0.05) is 5.92 Å². The maximum absolute atomic E-state index is 15.2. The van der Waals surface area contributed by atoms with Crippen LogP contribution in [0.15, 0.2) is 64.9 Å². The quantitative estimate of drug-likeness (QED) is 0.0787. The molecule has 0 aliphatic rings. The fraction of sp³-hybridized carbons (Fsp3) is 0.136. The van der Waals surface area contributed by atoms with E-state index in [4.69, 9.17) is 17.3 Å². The Labute approximate surface area is 190 Å². The standard InChI is InChI=1S/C22H19F6N5O/c23-14-3-6-16(18(25)10-14)21(34,11-32-12-33-31)22(27,28)20(30)8-5-15(29)4-1-13-2-7-17(24)19(26)9-13/h2-3,5-10,12,34H,11,29-31H2,(H,32,33)/b15-5-,20-8-. The number of benzene rings is 2. The molecule has 0 fully saturated rings. The first-order valence-corrected chi connectivity index (χ1v) is 9.33. The Bertz CT molecular complexity index is 1200. The second kappa shape index (κ2) is 10.8. The topological polar surface area (TPSA) is 123 Å². The summed E-state index contributed by atoms with van der Waals surface area (Å²) in [5, 5.41) is 10.8. The van der Waals surface area contributed by atoms with E-state index in [0.29, 0.717) is 24.3 Å². The van der Waals surface area contributed by atoms with Crippen molar-refractivity contribution in [3.05, 3.63) is 94.3 Å². The number of hydrogen-bond acceptors (Lipinski definition) is 5. The third-order valence-corrected chi connectivity index (χ3v) is 4.46. The van der Waals surface area contributed by atoms with Crippen molar-refractivity contribution < 1.29 is 31.4 Å². The number of aliphatic imine (C=N–C) groups is 1. The summed E-state index contributed by atoms with van der Waals surface area (Å²) in [5.74, 6) is 0.620. The molecule has 0 aliphatic heterocycles. The summed E-state index contributed by atoms with van der Waals surface area (Å²) < 4.78 is 84.2. The van der Waals surface area contributed by atoms with Crippen LogP contribution in [0.1, 0.15) is 11.1 Å². The van der Waals surface area contributed by atoms with Crippen molar-refractivity contribution in [3.63, 3.8) is 0 Å². The molecule has 2 aromatic carbocycles. The Morgan fingerprint density at radius 1 is 1.00 bits per heavy atom. The lowest BCUT2D eigenvalue weighted by Gasteiger charge is -2.35. The van der Waals surface area contributed by atoms with Gasteiger partial charge in [-0.3, -0.25) is 4.99 Å². The van der Waals surface area contributed by atoms with Crippen LogP contribution in [0.5, 0.6) is 0 Å². The fourth-order valence-corrected chi connectivity index (χ4v) is 2.69. The van der Waals surface area contributed by atoms with Gasteiger partial charge in [0.1, 0.15) is 11.6 Å². The molecule has 2 rings (SSSR count). The number of hydrogen-bond donors (Lipinski definition) is 5. The van der Waals surface area contributed by atoms with E-state index in [1.807, 2.05) is 5.43 Å². The van der Waals surface area contributed by atoms with Gasteiger partial charge in [-0.25, -0.2) is 23.4 Å². The molecule has 0 aromatic heterocycles. The molecule has 34 heavy (non-hydrogen) atoms. The molecule has 0 saturated carbocycles. The molecule has 0 spiro atoms. The molecule has 2 aromatic rings. The minimum atomic E-state index is -4.35. The summed E-state index contributed by atoms with van der Waals surface area (Å²) in [4.78, 5) is 3.47. The van der Waals surface area contributed by atoms with Gasteiger partial charge >= 0.3 is 5.92 Å². The van der Waals surface area contributed by atoms with Crippen LogP contribution in [0.2, 0.25) is 0 Å². The summed E-state index contributed by atoms with van der Waals surface area (Å²) in [7, 11) is 0. The number of alkyl halides is 2. The molecule has 0 bridgehead atoms. The van der Waals surface area contributed by atoms with Gasteiger partial charge in [-0.05, 0) is 48.4 Å². The monoisotopic (exact) mass is 483 g/mol. The van der Waals surface area contributed by atoms with Crippen LogP contribution in [0.25, 0.3) is 0 Å². The first-order chi connectivity index (χ1) is 15.9. The Kier molecular flexibility index (Phi) is 8.34. The van der Waals surface area contributed by atoms with Crippen LogP contribution in [0.4, 0.5) is 26.3 Å². The van der Waals surface area contributed by atoms with Gasteiger partial charge in [0.25, 0.3) is 0 Å². The van der Waals surface area contributed by atoms with Crippen molar-refractivity contribution in [2.24, 2.45) is 22.3 Å². The highest BCUT2D eigenvalue weighted by atomic mass is 19.3. The van der Waals surface area contributed by atoms with Crippen LogP contribution in [-0.4, -0.2) is 23.9 Å². The van der Waals surface area contributed by atoms with Gasteiger partial charge in [0.15, 0.2) is 17.2 Å². The number of aliphatic hydroxyl groups is 1. The lowest BCUT2D eigenvalue weighted by atomic mass is 9.85. The minimum Gasteiger partial charge on any atom is -0.397 e. The van der Waals surface area contributed by atoms with Crippen LogP contribution < -0.4 is 22.7 Å². The molecule has 0 radical (unpaired) electrons. The van der Waals surface area contributed by atoms with E-state index < -0.39 is 52.6 Å². The lowest BCUT2D eigenvalue weighted by molar-refractivity contribution is -0.159. The van der Waals surface area contributed by atoms with Gasteiger partial charge in [0.2, 0.25) is 0 Å². The Morgan fingerprint density at radius 3 is 2.32 bits per heavy atom. The number of nitrogens with two attached hydrogens (primary N) is 3. The van der Waals surface area contributed by atoms with Crippen LogP contribution in [-0.2, 0) is 5.60 Å². The number of nitrogens with one attached hydrogen (secondary N) is 1. The average Bonchev–Trinajstić information content (AvgIpc) is 2.78. The van der Waals surface area contributed by atoms with E-state index in [-0.39, 0.29) is 11.3 Å². The SMILES string of the molecule is NNC=NCC(O)(c1ccc(F)cc1F)C(F)(F)/C(N)=C/C=C(\N)C#Cc1ccc(F)c(F)c1. The zero-order chi connectivity index (χ0) is 25.5. The third kappa shape index (κ3) is 5.89. The Hall–Kier alpha value is -3.95. The van der Waals surface area contributed by atoms with Gasteiger partial charge in [-0.15, -0.1) is 0 Å². The summed E-state index contributed by atoms with van der Waals surface area (Å²) in [6.45, 7) is -1.11. The smallest absolute Gasteiger partial charge is 0.321 e. The normalized spacial score (nSPS) is 14.5. The van der Waals surface area contributed by atoms with E-state index in [1.54, 1.807) is 0 Å². The fourth-order valence-electron chi connectivity index (χ4n) is 2.69. The molecule has 0 amide bonds. The molecule has 0 heterocycles. The number of halogens is 6. The zero-order valence-corrected chi connectivity index (χ0v) is 17.3. The van der Waals surface area contributed by atoms with E-state index >= 15 is 8.78 Å². The van der Waals surface area contributed by atoms with E-state index in [0.717, 1.165) is 24.5 Å². The van der Waals surface area contributed by atoms with Gasteiger partial charge in [0, 0.05) is 17.2 Å². The van der Waals surface area contributed by atoms with E-state index in [2.05, 4.69) is 16.8 Å². The summed E-state index contributed by atoms with van der Waals surface area (Å²) in [5.41, 5.74) is 7.20. The van der Waals surface area contributed by atoms with Crippen molar-refractivity contribution >= 4 is 6.34 Å². The lowest BCUT2D eigenvalue weighted by Crippen LogP contribution is -2.51. The number of hydrazine groups is 1.